The van der Waals surface area contributed by atoms with E-state index >= 15 is 0 Å². The Morgan fingerprint density at radius 3 is 2.94 bits per heavy atom. The Kier molecular flexibility index (Phi) is 3.19. The molecular weight excluding hydrogens is 226 g/mol. The lowest BCUT2D eigenvalue weighted by Gasteiger charge is -2.00. The zero-order valence-corrected chi connectivity index (χ0v) is 9.90. The van der Waals surface area contributed by atoms with Crippen LogP contribution in [0.1, 0.15) is 30.7 Å². The fraction of sp³-hybridized carbons (Fsp3) is 0.364. The van der Waals surface area contributed by atoms with E-state index in [1.807, 2.05) is 12.1 Å². The summed E-state index contributed by atoms with van der Waals surface area (Å²) in [5.41, 5.74) is 1.86. The van der Waals surface area contributed by atoms with Crippen molar-refractivity contribution in [1.82, 2.24) is 15.1 Å². The molecule has 16 heavy (non-hydrogen) atoms. The molecule has 1 atom stereocenters. The molecule has 84 valence electrons. The lowest BCUT2D eigenvalue weighted by Crippen LogP contribution is -1.93. The fourth-order valence-corrected chi connectivity index (χ4v) is 1.51. The summed E-state index contributed by atoms with van der Waals surface area (Å²) < 4.78 is 5.05. The molecule has 4 nitrogen and oxygen atoms in total. The standard InChI is InChI=1S/C11H12ClN3O/c1-3-8-5-4-6-13-9(8)10-14-11(7(2)12)16-15-10/h4-7H,3H2,1-2H3. The lowest BCUT2D eigenvalue weighted by atomic mass is 10.1. The first-order valence-electron chi connectivity index (χ1n) is 5.14. The van der Waals surface area contributed by atoms with Gasteiger partial charge in [-0.25, -0.2) is 0 Å². The van der Waals surface area contributed by atoms with E-state index in [4.69, 9.17) is 16.1 Å². The lowest BCUT2D eigenvalue weighted by molar-refractivity contribution is 0.379. The quantitative estimate of drug-likeness (QED) is 0.770. The average molecular weight is 238 g/mol. The minimum absolute atomic E-state index is 0.282. The average Bonchev–Trinajstić information content (AvgIpc) is 2.78. The van der Waals surface area contributed by atoms with Crippen LogP contribution >= 0.6 is 11.6 Å². The van der Waals surface area contributed by atoms with Gasteiger partial charge < -0.3 is 4.52 Å². The Morgan fingerprint density at radius 2 is 2.31 bits per heavy atom. The number of hydrogen-bond acceptors (Lipinski definition) is 4. The SMILES string of the molecule is CCc1cccnc1-c1noc(C(C)Cl)n1. The maximum absolute atomic E-state index is 5.86. The van der Waals surface area contributed by atoms with Gasteiger partial charge in [-0.05, 0) is 25.0 Å². The van der Waals surface area contributed by atoms with Gasteiger partial charge in [0.05, 0.1) is 0 Å². The molecule has 0 N–H and O–H groups in total. The molecule has 0 aliphatic carbocycles. The maximum Gasteiger partial charge on any atom is 0.244 e. The summed E-state index contributed by atoms with van der Waals surface area (Å²) in [7, 11) is 0. The molecule has 2 heterocycles. The zero-order chi connectivity index (χ0) is 11.5. The van der Waals surface area contributed by atoms with Gasteiger partial charge in [-0.3, -0.25) is 4.98 Å². The van der Waals surface area contributed by atoms with E-state index in [0.29, 0.717) is 11.7 Å². The number of aromatic nitrogens is 3. The molecular formula is C11H12ClN3O. The molecule has 0 radical (unpaired) electrons. The molecule has 0 fully saturated rings. The van der Waals surface area contributed by atoms with Gasteiger partial charge in [0.25, 0.3) is 0 Å². The van der Waals surface area contributed by atoms with Crippen molar-refractivity contribution in [2.24, 2.45) is 0 Å². The van der Waals surface area contributed by atoms with Crippen LogP contribution in [0.3, 0.4) is 0 Å². The molecule has 0 saturated heterocycles. The van der Waals surface area contributed by atoms with Crippen molar-refractivity contribution < 1.29 is 4.52 Å². The van der Waals surface area contributed by atoms with E-state index in [9.17, 15) is 0 Å². The van der Waals surface area contributed by atoms with E-state index in [1.165, 1.54) is 0 Å². The molecule has 0 amide bonds. The highest BCUT2D eigenvalue weighted by molar-refractivity contribution is 6.20. The van der Waals surface area contributed by atoms with Gasteiger partial charge >= 0.3 is 0 Å². The van der Waals surface area contributed by atoms with Crippen molar-refractivity contribution in [1.29, 1.82) is 0 Å². The first kappa shape index (κ1) is 11.1. The molecule has 0 spiro atoms. The van der Waals surface area contributed by atoms with Crippen molar-refractivity contribution in [3.8, 4) is 11.5 Å². The Hall–Kier alpha value is -1.42. The van der Waals surface area contributed by atoms with Crippen molar-refractivity contribution in [3.05, 3.63) is 29.8 Å². The van der Waals surface area contributed by atoms with Crippen LogP contribution in [0, 0.1) is 0 Å². The van der Waals surface area contributed by atoms with Crippen LogP contribution in [0.15, 0.2) is 22.9 Å². The van der Waals surface area contributed by atoms with Crippen LogP contribution in [0.25, 0.3) is 11.5 Å². The van der Waals surface area contributed by atoms with E-state index in [1.54, 1.807) is 13.1 Å². The molecule has 0 bridgehead atoms. The summed E-state index contributed by atoms with van der Waals surface area (Å²) in [6.45, 7) is 3.85. The Morgan fingerprint density at radius 1 is 1.50 bits per heavy atom. The number of hydrogen-bond donors (Lipinski definition) is 0. The molecule has 0 aromatic carbocycles. The smallest absolute Gasteiger partial charge is 0.244 e. The van der Waals surface area contributed by atoms with E-state index in [-0.39, 0.29) is 5.38 Å². The second-order valence-electron chi connectivity index (χ2n) is 3.44. The van der Waals surface area contributed by atoms with Crippen LogP contribution in [0.5, 0.6) is 0 Å². The van der Waals surface area contributed by atoms with Gasteiger partial charge in [0.2, 0.25) is 11.7 Å². The first-order valence-corrected chi connectivity index (χ1v) is 5.58. The summed E-state index contributed by atoms with van der Waals surface area (Å²) in [5, 5.41) is 3.60. The number of halogens is 1. The molecule has 0 aliphatic heterocycles. The highest BCUT2D eigenvalue weighted by Gasteiger charge is 2.15. The van der Waals surface area contributed by atoms with Crippen molar-refractivity contribution in [2.75, 3.05) is 0 Å². The summed E-state index contributed by atoms with van der Waals surface area (Å²) in [6, 6.07) is 3.90. The zero-order valence-electron chi connectivity index (χ0n) is 9.14. The van der Waals surface area contributed by atoms with Crippen molar-refractivity contribution in [2.45, 2.75) is 25.6 Å². The van der Waals surface area contributed by atoms with E-state index in [0.717, 1.165) is 17.7 Å². The third-order valence-corrected chi connectivity index (χ3v) is 2.45. The van der Waals surface area contributed by atoms with Gasteiger partial charge in [0.15, 0.2) is 0 Å². The van der Waals surface area contributed by atoms with Crippen LogP contribution in [0.2, 0.25) is 0 Å². The van der Waals surface area contributed by atoms with Gasteiger partial charge in [-0.1, -0.05) is 18.1 Å². The van der Waals surface area contributed by atoms with Gasteiger partial charge in [-0.15, -0.1) is 11.6 Å². The molecule has 5 heteroatoms. The molecule has 0 aliphatic rings. The summed E-state index contributed by atoms with van der Waals surface area (Å²) in [6.07, 6.45) is 2.60. The maximum atomic E-state index is 5.86. The molecule has 1 unspecified atom stereocenters. The van der Waals surface area contributed by atoms with Crippen LogP contribution in [-0.4, -0.2) is 15.1 Å². The summed E-state index contributed by atoms with van der Waals surface area (Å²) in [4.78, 5) is 8.48. The van der Waals surface area contributed by atoms with Crippen LogP contribution in [0.4, 0.5) is 0 Å². The second kappa shape index (κ2) is 4.61. The number of alkyl halides is 1. The van der Waals surface area contributed by atoms with Crippen LogP contribution < -0.4 is 0 Å². The highest BCUT2D eigenvalue weighted by Crippen LogP contribution is 2.22. The normalized spacial score (nSPS) is 12.7. The Balaban J connectivity index is 2.42. The van der Waals surface area contributed by atoms with E-state index in [2.05, 4.69) is 22.0 Å². The summed E-state index contributed by atoms with van der Waals surface area (Å²) in [5.74, 6) is 0.921. The van der Waals surface area contributed by atoms with Crippen molar-refractivity contribution in [3.63, 3.8) is 0 Å². The topological polar surface area (TPSA) is 51.8 Å². The Bertz CT molecular complexity index is 482. The van der Waals surface area contributed by atoms with Crippen LogP contribution in [-0.2, 0) is 6.42 Å². The number of aryl methyl sites for hydroxylation is 1. The number of pyridine rings is 1. The minimum atomic E-state index is -0.282. The highest BCUT2D eigenvalue weighted by atomic mass is 35.5. The van der Waals surface area contributed by atoms with Gasteiger partial charge in [0, 0.05) is 6.20 Å². The Labute approximate surface area is 98.7 Å². The van der Waals surface area contributed by atoms with E-state index < -0.39 is 0 Å². The molecule has 2 aromatic heterocycles. The fourth-order valence-electron chi connectivity index (χ4n) is 1.42. The summed E-state index contributed by atoms with van der Waals surface area (Å²) >= 11 is 5.86. The largest absolute Gasteiger partial charge is 0.337 e. The molecule has 0 saturated carbocycles. The predicted octanol–water partition coefficient (Wildman–Crippen LogP) is 2.99. The first-order chi connectivity index (χ1) is 7.72. The second-order valence-corrected chi connectivity index (χ2v) is 4.09. The monoisotopic (exact) mass is 237 g/mol. The third kappa shape index (κ3) is 2.07. The molecule has 2 aromatic rings. The molecule has 2 rings (SSSR count). The predicted molar refractivity (Wildman–Crippen MR) is 61.2 cm³/mol. The third-order valence-electron chi connectivity index (χ3n) is 2.27. The van der Waals surface area contributed by atoms with Gasteiger partial charge in [0.1, 0.15) is 11.1 Å². The number of nitrogens with zero attached hydrogens (tertiary/aromatic N) is 3. The van der Waals surface area contributed by atoms with Crippen molar-refractivity contribution >= 4 is 11.6 Å². The van der Waals surface area contributed by atoms with Gasteiger partial charge in [-0.2, -0.15) is 4.98 Å². The minimum Gasteiger partial charge on any atom is -0.337 e. The number of rotatable bonds is 3.